The van der Waals surface area contributed by atoms with Crippen molar-refractivity contribution in [1.82, 2.24) is 19.9 Å². The molecule has 1 N–H and O–H groups in total. The molecule has 0 saturated carbocycles. The lowest BCUT2D eigenvalue weighted by atomic mass is 10.1. The molecule has 0 radical (unpaired) electrons. The van der Waals surface area contributed by atoms with E-state index in [0.29, 0.717) is 42.2 Å². The molecule has 1 aromatic carbocycles. The number of rotatable bonds is 5. The Hall–Kier alpha value is -4.11. The van der Waals surface area contributed by atoms with Gasteiger partial charge in [0.15, 0.2) is 0 Å². The van der Waals surface area contributed by atoms with E-state index >= 15 is 0 Å². The normalized spacial score (nSPS) is 13.6. The van der Waals surface area contributed by atoms with Crippen molar-refractivity contribution < 1.29 is 9.34 Å². The van der Waals surface area contributed by atoms with Crippen LogP contribution in [0.5, 0.6) is 0 Å². The maximum atomic E-state index is 12.7. The highest BCUT2D eigenvalue weighted by atomic mass is 16.6. The molecule has 9 heteroatoms. The van der Waals surface area contributed by atoms with Crippen LogP contribution in [0.4, 0.5) is 5.69 Å². The number of non-ortho nitro benzene ring substituents is 1. The van der Waals surface area contributed by atoms with Gasteiger partial charge in [0.25, 0.3) is 11.2 Å². The Bertz CT molecular complexity index is 1350. The van der Waals surface area contributed by atoms with Crippen LogP contribution >= 0.6 is 0 Å². The second-order valence-corrected chi connectivity index (χ2v) is 7.61. The molecule has 1 aliphatic heterocycles. The number of furan rings is 1. The Morgan fingerprint density at radius 1 is 1.12 bits per heavy atom. The van der Waals surface area contributed by atoms with Gasteiger partial charge in [0, 0.05) is 55.2 Å². The highest BCUT2D eigenvalue weighted by Crippen LogP contribution is 2.27. The molecule has 9 nitrogen and oxygen atoms in total. The van der Waals surface area contributed by atoms with E-state index in [-0.39, 0.29) is 11.2 Å². The van der Waals surface area contributed by atoms with Gasteiger partial charge in [-0.1, -0.05) is 12.1 Å². The Morgan fingerprint density at radius 3 is 2.78 bits per heavy atom. The van der Waals surface area contributed by atoms with Crippen molar-refractivity contribution in [3.05, 3.63) is 98.4 Å². The largest absolute Gasteiger partial charge is 0.460 e. The first kappa shape index (κ1) is 19.8. The van der Waals surface area contributed by atoms with Gasteiger partial charge < -0.3 is 9.40 Å². The van der Waals surface area contributed by atoms with E-state index in [2.05, 4.69) is 19.9 Å². The molecular weight excluding hydrogens is 410 g/mol. The van der Waals surface area contributed by atoms with Crippen molar-refractivity contribution in [2.45, 2.75) is 19.5 Å². The molecule has 32 heavy (non-hydrogen) atoms. The van der Waals surface area contributed by atoms with Gasteiger partial charge in [-0.25, -0.2) is 4.98 Å². The fourth-order valence-electron chi connectivity index (χ4n) is 3.87. The van der Waals surface area contributed by atoms with Crippen molar-refractivity contribution in [2.75, 3.05) is 6.54 Å². The first-order valence-corrected chi connectivity index (χ1v) is 10.2. The second kappa shape index (κ2) is 8.20. The van der Waals surface area contributed by atoms with Crippen LogP contribution < -0.4 is 5.56 Å². The number of hydrogen-bond acceptors (Lipinski definition) is 7. The van der Waals surface area contributed by atoms with Crippen LogP contribution in [0.1, 0.15) is 17.0 Å². The molecule has 0 amide bonds. The lowest BCUT2D eigenvalue weighted by molar-refractivity contribution is -0.384. The number of H-pyrrole nitrogens is 1. The van der Waals surface area contributed by atoms with Gasteiger partial charge in [-0.3, -0.25) is 24.8 Å². The molecule has 0 bridgehead atoms. The van der Waals surface area contributed by atoms with Gasteiger partial charge in [-0.2, -0.15) is 0 Å². The second-order valence-electron chi connectivity index (χ2n) is 7.61. The van der Waals surface area contributed by atoms with E-state index < -0.39 is 4.92 Å². The molecule has 160 valence electrons. The fraction of sp³-hybridized carbons (Fsp3) is 0.174. The molecule has 0 unspecified atom stereocenters. The van der Waals surface area contributed by atoms with E-state index in [4.69, 9.17) is 4.42 Å². The molecule has 0 atom stereocenters. The van der Waals surface area contributed by atoms with Crippen LogP contribution in [0.15, 0.2) is 70.1 Å². The Kier molecular flexibility index (Phi) is 5.08. The number of nitrogens with zero attached hydrogens (tertiary/aromatic N) is 4. The molecule has 0 spiro atoms. The average Bonchev–Trinajstić information content (AvgIpc) is 3.28. The number of nitro benzene ring substituents is 1. The third kappa shape index (κ3) is 3.93. The number of fused-ring (bicyclic) bond motifs is 1. The number of aromatic nitrogens is 3. The lowest BCUT2D eigenvalue weighted by Gasteiger charge is -2.26. The van der Waals surface area contributed by atoms with E-state index in [9.17, 15) is 14.9 Å². The zero-order valence-corrected chi connectivity index (χ0v) is 17.0. The Morgan fingerprint density at radius 2 is 1.97 bits per heavy atom. The van der Waals surface area contributed by atoms with Crippen LogP contribution in [0.2, 0.25) is 0 Å². The van der Waals surface area contributed by atoms with Crippen molar-refractivity contribution >= 4 is 5.69 Å². The standard InChI is InChI=1S/C23H19N5O4/c29-23-19-14-27(11-8-20(19)25-22(26-23)15-6-9-24-10-7-15)13-18-4-5-21(32-18)16-2-1-3-17(12-16)28(30)31/h1-7,9-10,12H,8,11,13-14H2,(H,25,26,29). The molecule has 4 heterocycles. The van der Waals surface area contributed by atoms with Gasteiger partial charge in [0.1, 0.15) is 17.3 Å². The number of benzene rings is 1. The minimum absolute atomic E-state index is 0.0194. The van der Waals surface area contributed by atoms with Gasteiger partial charge >= 0.3 is 0 Å². The summed E-state index contributed by atoms with van der Waals surface area (Å²) in [5.41, 5.74) is 2.84. The van der Waals surface area contributed by atoms with Crippen LogP contribution in [0, 0.1) is 10.1 Å². The molecule has 0 fully saturated rings. The number of hydrogen-bond donors (Lipinski definition) is 1. The van der Waals surface area contributed by atoms with Crippen molar-refractivity contribution in [3.8, 4) is 22.7 Å². The molecule has 0 aliphatic carbocycles. The predicted octanol–water partition coefficient (Wildman–Crippen LogP) is 3.56. The summed E-state index contributed by atoms with van der Waals surface area (Å²) >= 11 is 0. The smallest absolute Gasteiger partial charge is 0.270 e. The zero-order valence-electron chi connectivity index (χ0n) is 17.0. The minimum Gasteiger partial charge on any atom is -0.460 e. The maximum absolute atomic E-state index is 12.7. The highest BCUT2D eigenvalue weighted by molar-refractivity contribution is 5.61. The molecule has 4 aromatic rings. The zero-order chi connectivity index (χ0) is 22.1. The van der Waals surface area contributed by atoms with E-state index in [1.54, 1.807) is 24.5 Å². The summed E-state index contributed by atoms with van der Waals surface area (Å²) in [6, 6.07) is 13.6. The monoisotopic (exact) mass is 429 g/mol. The number of aromatic amines is 1. The van der Waals surface area contributed by atoms with Crippen LogP contribution in [0.3, 0.4) is 0 Å². The van der Waals surface area contributed by atoms with E-state index in [0.717, 1.165) is 23.6 Å². The quantitative estimate of drug-likeness (QED) is 0.381. The van der Waals surface area contributed by atoms with E-state index in [1.807, 2.05) is 24.3 Å². The molecule has 5 rings (SSSR count). The number of nitro groups is 1. The molecule has 3 aromatic heterocycles. The molecule has 0 saturated heterocycles. The summed E-state index contributed by atoms with van der Waals surface area (Å²) < 4.78 is 5.93. The third-order valence-corrected chi connectivity index (χ3v) is 5.48. The van der Waals surface area contributed by atoms with E-state index in [1.165, 1.54) is 12.1 Å². The predicted molar refractivity (Wildman–Crippen MR) is 117 cm³/mol. The number of pyridine rings is 1. The SMILES string of the molecule is O=c1[nH]c(-c2ccncc2)nc2c1CN(Cc1ccc(-c3cccc([N+](=O)[O-])c3)o1)CC2. The summed E-state index contributed by atoms with van der Waals surface area (Å²) in [5.74, 6) is 1.85. The van der Waals surface area contributed by atoms with Crippen molar-refractivity contribution in [1.29, 1.82) is 0 Å². The average molecular weight is 429 g/mol. The molecular formula is C23H19N5O4. The highest BCUT2D eigenvalue weighted by Gasteiger charge is 2.22. The number of nitrogens with one attached hydrogen (secondary N) is 1. The minimum atomic E-state index is -0.426. The summed E-state index contributed by atoms with van der Waals surface area (Å²) in [7, 11) is 0. The topological polar surface area (TPSA) is 118 Å². The Balaban J connectivity index is 1.33. The summed E-state index contributed by atoms with van der Waals surface area (Å²) in [5, 5.41) is 11.0. The van der Waals surface area contributed by atoms with Gasteiger partial charge in [0.05, 0.1) is 22.7 Å². The maximum Gasteiger partial charge on any atom is 0.270 e. The summed E-state index contributed by atoms with van der Waals surface area (Å²) in [6.45, 7) is 1.74. The van der Waals surface area contributed by atoms with Crippen molar-refractivity contribution in [3.63, 3.8) is 0 Å². The fourth-order valence-corrected chi connectivity index (χ4v) is 3.87. The van der Waals surface area contributed by atoms with Gasteiger partial charge in [-0.05, 0) is 24.3 Å². The van der Waals surface area contributed by atoms with Crippen LogP contribution in [-0.2, 0) is 19.5 Å². The first-order chi connectivity index (χ1) is 15.6. The van der Waals surface area contributed by atoms with Gasteiger partial charge in [0.2, 0.25) is 0 Å². The lowest BCUT2D eigenvalue weighted by Crippen LogP contribution is -2.35. The molecule has 1 aliphatic rings. The third-order valence-electron chi connectivity index (χ3n) is 5.48. The van der Waals surface area contributed by atoms with Crippen molar-refractivity contribution in [2.24, 2.45) is 0 Å². The van der Waals surface area contributed by atoms with Crippen LogP contribution in [-0.4, -0.2) is 31.3 Å². The summed E-state index contributed by atoms with van der Waals surface area (Å²) in [4.78, 5) is 37.0. The van der Waals surface area contributed by atoms with Crippen LogP contribution in [0.25, 0.3) is 22.7 Å². The summed E-state index contributed by atoms with van der Waals surface area (Å²) in [6.07, 6.45) is 4.00. The van der Waals surface area contributed by atoms with Gasteiger partial charge in [-0.15, -0.1) is 0 Å². The first-order valence-electron chi connectivity index (χ1n) is 10.2. The Labute approximate surface area is 182 Å².